The highest BCUT2D eigenvalue weighted by Crippen LogP contribution is 2.26. The summed E-state index contributed by atoms with van der Waals surface area (Å²) in [6.45, 7) is 0. The van der Waals surface area contributed by atoms with Gasteiger partial charge in [-0.2, -0.15) is 9.61 Å². The highest BCUT2D eigenvalue weighted by Gasteiger charge is 2.13. The van der Waals surface area contributed by atoms with Crippen LogP contribution in [0, 0.1) is 0 Å². The minimum Gasteiger partial charge on any atom is -0.399 e. The van der Waals surface area contributed by atoms with Gasteiger partial charge < -0.3 is 5.73 Å². The van der Waals surface area contributed by atoms with E-state index in [4.69, 9.17) is 5.73 Å². The third-order valence-corrected chi connectivity index (χ3v) is 4.97. The van der Waals surface area contributed by atoms with Crippen molar-refractivity contribution < 1.29 is 0 Å². The predicted octanol–water partition coefficient (Wildman–Crippen LogP) is 3.79. The monoisotopic (exact) mass is 385 g/mol. The van der Waals surface area contributed by atoms with Gasteiger partial charge in [0.25, 0.3) is 0 Å². The van der Waals surface area contributed by atoms with E-state index in [0.717, 1.165) is 31.5 Å². The maximum Gasteiger partial charge on any atom is 0.234 e. The van der Waals surface area contributed by atoms with Crippen molar-refractivity contribution in [2.75, 3.05) is 5.73 Å². The van der Waals surface area contributed by atoms with Crippen molar-refractivity contribution in [3.63, 3.8) is 0 Å². The molecule has 0 fully saturated rings. The van der Waals surface area contributed by atoms with E-state index in [2.05, 4.69) is 43.4 Å². The Bertz CT molecular complexity index is 956. The Hall–Kier alpha value is -2.25. The molecule has 0 bridgehead atoms. The molecule has 23 heavy (non-hydrogen) atoms. The van der Waals surface area contributed by atoms with Gasteiger partial charge in [-0.05, 0) is 42.0 Å². The minimum absolute atomic E-state index is 0.694. The lowest BCUT2D eigenvalue weighted by Gasteiger charge is -1.99. The number of fused-ring (bicyclic) bond motifs is 1. The second-order valence-corrected chi connectivity index (χ2v) is 7.01. The molecule has 0 atom stereocenters. The van der Waals surface area contributed by atoms with Crippen molar-refractivity contribution in [3.8, 4) is 10.6 Å². The summed E-state index contributed by atoms with van der Waals surface area (Å²) in [6.07, 6.45) is 0.694. The summed E-state index contributed by atoms with van der Waals surface area (Å²) in [5, 5.41) is 14.0. The fraction of sp³-hybridized carbons (Fsp3) is 0.0625. The van der Waals surface area contributed by atoms with E-state index >= 15 is 0 Å². The van der Waals surface area contributed by atoms with Gasteiger partial charge in [0.15, 0.2) is 5.82 Å². The molecular formula is C16H12BrN5S. The number of anilines is 1. The summed E-state index contributed by atoms with van der Waals surface area (Å²) in [7, 11) is 0. The summed E-state index contributed by atoms with van der Waals surface area (Å²) in [5.41, 5.74) is 8.68. The number of rotatable bonds is 3. The van der Waals surface area contributed by atoms with Crippen LogP contribution in [-0.4, -0.2) is 19.8 Å². The summed E-state index contributed by atoms with van der Waals surface area (Å²) >= 11 is 4.96. The summed E-state index contributed by atoms with van der Waals surface area (Å²) in [4.78, 5) is 0.795. The van der Waals surface area contributed by atoms with Gasteiger partial charge in [-0.3, -0.25) is 0 Å². The molecule has 0 aliphatic heterocycles. The third-order valence-electron chi connectivity index (χ3n) is 3.49. The number of aromatic nitrogens is 4. The smallest absolute Gasteiger partial charge is 0.234 e. The molecule has 0 amide bonds. The highest BCUT2D eigenvalue weighted by molar-refractivity contribution is 9.10. The fourth-order valence-electron chi connectivity index (χ4n) is 2.29. The molecule has 0 spiro atoms. The van der Waals surface area contributed by atoms with Crippen molar-refractivity contribution in [1.29, 1.82) is 0 Å². The van der Waals surface area contributed by atoms with Gasteiger partial charge in [0.1, 0.15) is 5.01 Å². The van der Waals surface area contributed by atoms with Crippen LogP contribution >= 0.6 is 27.3 Å². The first-order chi connectivity index (χ1) is 11.2. The van der Waals surface area contributed by atoms with Crippen LogP contribution in [0.5, 0.6) is 0 Å². The van der Waals surface area contributed by atoms with E-state index in [1.165, 1.54) is 16.9 Å². The number of nitrogens with zero attached hydrogens (tertiary/aromatic N) is 4. The average molecular weight is 386 g/mol. The van der Waals surface area contributed by atoms with E-state index in [1.807, 2.05) is 40.9 Å². The average Bonchev–Trinajstić information content (AvgIpc) is 3.12. The zero-order chi connectivity index (χ0) is 15.8. The second kappa shape index (κ2) is 5.75. The largest absolute Gasteiger partial charge is 0.399 e. The lowest BCUT2D eigenvalue weighted by molar-refractivity contribution is 0.854. The topological polar surface area (TPSA) is 69.1 Å². The number of hydrogen-bond acceptors (Lipinski definition) is 5. The Morgan fingerprint density at radius 3 is 2.48 bits per heavy atom. The SMILES string of the molecule is Nc1ccc(-c2nn3c(Cc4ccc(Br)cc4)nnc3s2)cc1. The molecule has 114 valence electrons. The molecule has 2 aromatic heterocycles. The number of hydrogen-bond donors (Lipinski definition) is 1. The molecule has 2 heterocycles. The Morgan fingerprint density at radius 1 is 1.00 bits per heavy atom. The van der Waals surface area contributed by atoms with Gasteiger partial charge >= 0.3 is 0 Å². The van der Waals surface area contributed by atoms with E-state index in [-0.39, 0.29) is 0 Å². The predicted molar refractivity (Wildman–Crippen MR) is 95.5 cm³/mol. The van der Waals surface area contributed by atoms with Gasteiger partial charge in [0.05, 0.1) is 0 Å². The van der Waals surface area contributed by atoms with Crippen LogP contribution in [0.15, 0.2) is 53.0 Å². The Morgan fingerprint density at radius 2 is 1.74 bits per heavy atom. The van der Waals surface area contributed by atoms with Crippen LogP contribution in [0.4, 0.5) is 5.69 Å². The number of nitrogen functional groups attached to an aromatic ring is 1. The molecule has 2 aromatic carbocycles. The summed E-state index contributed by atoms with van der Waals surface area (Å²) in [5.74, 6) is 0.834. The summed E-state index contributed by atoms with van der Waals surface area (Å²) in [6, 6.07) is 15.9. The van der Waals surface area contributed by atoms with Gasteiger partial charge in [0.2, 0.25) is 4.96 Å². The molecule has 2 N–H and O–H groups in total. The molecule has 4 aromatic rings. The van der Waals surface area contributed by atoms with Crippen molar-refractivity contribution in [2.45, 2.75) is 6.42 Å². The van der Waals surface area contributed by atoms with Gasteiger partial charge in [-0.25, -0.2) is 0 Å². The summed E-state index contributed by atoms with van der Waals surface area (Å²) < 4.78 is 2.88. The molecule has 7 heteroatoms. The molecule has 4 rings (SSSR count). The van der Waals surface area contributed by atoms with Crippen LogP contribution in [-0.2, 0) is 6.42 Å². The third kappa shape index (κ3) is 2.85. The Balaban J connectivity index is 1.69. The first-order valence-electron chi connectivity index (χ1n) is 7.00. The fourth-order valence-corrected chi connectivity index (χ4v) is 3.42. The normalized spacial score (nSPS) is 11.2. The van der Waals surface area contributed by atoms with E-state index in [1.54, 1.807) is 0 Å². The number of benzene rings is 2. The lowest BCUT2D eigenvalue weighted by atomic mass is 10.1. The van der Waals surface area contributed by atoms with E-state index in [0.29, 0.717) is 6.42 Å². The molecular weight excluding hydrogens is 374 g/mol. The van der Waals surface area contributed by atoms with Crippen LogP contribution in [0.25, 0.3) is 15.5 Å². The molecule has 0 radical (unpaired) electrons. The first kappa shape index (κ1) is 14.3. The Kier molecular flexibility index (Phi) is 3.59. The molecule has 0 unspecified atom stereocenters. The highest BCUT2D eigenvalue weighted by atomic mass is 79.9. The second-order valence-electron chi connectivity index (χ2n) is 5.14. The van der Waals surface area contributed by atoms with Crippen molar-refractivity contribution in [1.82, 2.24) is 19.8 Å². The lowest BCUT2D eigenvalue weighted by Crippen LogP contribution is -1.97. The maximum absolute atomic E-state index is 5.73. The van der Waals surface area contributed by atoms with Gasteiger partial charge in [0, 0.05) is 22.1 Å². The van der Waals surface area contributed by atoms with Crippen molar-refractivity contribution >= 4 is 37.9 Å². The van der Waals surface area contributed by atoms with Crippen LogP contribution in [0.2, 0.25) is 0 Å². The molecule has 0 aliphatic carbocycles. The molecule has 5 nitrogen and oxygen atoms in total. The maximum atomic E-state index is 5.73. The Labute approximate surface area is 144 Å². The first-order valence-corrected chi connectivity index (χ1v) is 8.61. The van der Waals surface area contributed by atoms with Gasteiger partial charge in [-0.15, -0.1) is 10.2 Å². The zero-order valence-corrected chi connectivity index (χ0v) is 14.4. The van der Waals surface area contributed by atoms with Crippen molar-refractivity contribution in [2.24, 2.45) is 0 Å². The molecule has 0 saturated heterocycles. The standard InChI is InChI=1S/C16H12BrN5S/c17-12-5-1-10(2-6-12)9-14-19-20-16-22(14)21-15(23-16)11-3-7-13(18)8-4-11/h1-8H,9,18H2. The van der Waals surface area contributed by atoms with Crippen molar-refractivity contribution in [3.05, 3.63) is 64.4 Å². The number of nitrogens with two attached hydrogens (primary N) is 1. The molecule has 0 saturated carbocycles. The molecule has 0 aliphatic rings. The van der Waals surface area contributed by atoms with Crippen LogP contribution < -0.4 is 5.73 Å². The minimum atomic E-state index is 0.694. The van der Waals surface area contributed by atoms with Gasteiger partial charge in [-0.1, -0.05) is 39.4 Å². The zero-order valence-electron chi connectivity index (χ0n) is 12.0. The van der Waals surface area contributed by atoms with Crippen LogP contribution in [0.3, 0.4) is 0 Å². The van der Waals surface area contributed by atoms with E-state index in [9.17, 15) is 0 Å². The quantitative estimate of drug-likeness (QED) is 0.544. The van der Waals surface area contributed by atoms with E-state index < -0.39 is 0 Å². The van der Waals surface area contributed by atoms with Crippen LogP contribution in [0.1, 0.15) is 11.4 Å². The number of halogens is 1.